The molecule has 106 valence electrons. The van der Waals surface area contributed by atoms with Gasteiger partial charge < -0.3 is 9.64 Å². The molecule has 0 bridgehead atoms. The number of hydrogen-bond acceptors (Lipinski definition) is 5. The lowest BCUT2D eigenvalue weighted by Crippen LogP contribution is -2.27. The molecule has 1 aromatic carbocycles. The van der Waals surface area contributed by atoms with E-state index in [-0.39, 0.29) is 24.4 Å². The van der Waals surface area contributed by atoms with Crippen molar-refractivity contribution >= 4 is 31.3 Å². The van der Waals surface area contributed by atoms with Gasteiger partial charge in [-0.2, -0.15) is 5.26 Å². The van der Waals surface area contributed by atoms with Crippen LogP contribution in [0.3, 0.4) is 0 Å². The lowest BCUT2D eigenvalue weighted by atomic mass is 10.1. The Bertz CT molecular complexity index is 696. The molecule has 1 heterocycles. The van der Waals surface area contributed by atoms with Crippen LogP contribution in [-0.2, 0) is 13.8 Å². The van der Waals surface area contributed by atoms with Crippen molar-refractivity contribution in [1.29, 1.82) is 5.26 Å². The third-order valence-electron chi connectivity index (χ3n) is 3.10. The van der Waals surface area contributed by atoms with Gasteiger partial charge in [-0.1, -0.05) is 0 Å². The summed E-state index contributed by atoms with van der Waals surface area (Å²) in [6.45, 7) is -0.0499. The predicted octanol–water partition coefficient (Wildman–Crippen LogP) is 1.24. The van der Waals surface area contributed by atoms with Crippen molar-refractivity contribution in [3.8, 4) is 11.8 Å². The Balaban J connectivity index is 2.38. The molecule has 0 N–H and O–H groups in total. The number of anilines is 1. The highest BCUT2D eigenvalue weighted by Crippen LogP contribution is 2.31. The number of benzene rings is 1. The Labute approximate surface area is 120 Å². The van der Waals surface area contributed by atoms with E-state index in [9.17, 15) is 13.2 Å². The minimum Gasteiger partial charge on any atom is -0.497 e. The first-order valence-electron chi connectivity index (χ1n) is 5.68. The minimum atomic E-state index is -3.81. The van der Waals surface area contributed by atoms with E-state index in [1.807, 2.05) is 6.07 Å². The average Bonchev–Trinajstić information content (AvgIpc) is 2.80. The number of hydrogen-bond donors (Lipinski definition) is 0. The molecular formula is C12H11ClN2O4S. The van der Waals surface area contributed by atoms with Crippen LogP contribution in [0.25, 0.3) is 0 Å². The van der Waals surface area contributed by atoms with Gasteiger partial charge in [0.25, 0.3) is 0 Å². The van der Waals surface area contributed by atoms with Crippen molar-refractivity contribution in [2.24, 2.45) is 0 Å². The third kappa shape index (κ3) is 2.71. The van der Waals surface area contributed by atoms with Gasteiger partial charge in [-0.15, -0.1) is 0 Å². The Morgan fingerprint density at radius 1 is 1.50 bits per heavy atom. The van der Waals surface area contributed by atoms with Crippen LogP contribution in [0.1, 0.15) is 12.0 Å². The quantitative estimate of drug-likeness (QED) is 0.783. The Morgan fingerprint density at radius 2 is 2.20 bits per heavy atom. The highest BCUT2D eigenvalue weighted by Gasteiger charge is 2.38. The highest BCUT2D eigenvalue weighted by atomic mass is 35.7. The van der Waals surface area contributed by atoms with Crippen molar-refractivity contribution in [3.05, 3.63) is 23.8 Å². The Hall–Kier alpha value is -1.78. The molecule has 1 aliphatic rings. The molecule has 1 unspecified atom stereocenters. The molecule has 2 rings (SSSR count). The van der Waals surface area contributed by atoms with E-state index >= 15 is 0 Å². The lowest BCUT2D eigenvalue weighted by molar-refractivity contribution is -0.117. The molecule has 1 aliphatic heterocycles. The highest BCUT2D eigenvalue weighted by molar-refractivity contribution is 8.14. The number of nitrogens with zero attached hydrogens (tertiary/aromatic N) is 2. The standard InChI is InChI=1S/C12H11ClN2O4S/c1-19-9-2-3-11(8(4-9)6-14)15-7-10(5-12(15)16)20(13,17)18/h2-4,10H,5,7H2,1H3. The first kappa shape index (κ1) is 14.6. The summed E-state index contributed by atoms with van der Waals surface area (Å²) in [7, 11) is 2.95. The summed E-state index contributed by atoms with van der Waals surface area (Å²) in [6.07, 6.45) is -0.178. The second kappa shape index (κ2) is 5.31. The van der Waals surface area contributed by atoms with Gasteiger partial charge in [0.15, 0.2) is 0 Å². The summed E-state index contributed by atoms with van der Waals surface area (Å²) in [5.41, 5.74) is 0.603. The van der Waals surface area contributed by atoms with E-state index < -0.39 is 14.3 Å². The molecule has 1 aromatic rings. The average molecular weight is 315 g/mol. The fourth-order valence-electron chi connectivity index (χ4n) is 2.06. The van der Waals surface area contributed by atoms with Gasteiger partial charge >= 0.3 is 0 Å². The van der Waals surface area contributed by atoms with E-state index in [2.05, 4.69) is 0 Å². The summed E-state index contributed by atoms with van der Waals surface area (Å²) >= 11 is 0. The molecule has 0 radical (unpaired) electrons. The van der Waals surface area contributed by atoms with Crippen LogP contribution in [-0.4, -0.2) is 33.2 Å². The summed E-state index contributed by atoms with van der Waals surface area (Å²) in [5, 5.41) is 8.17. The fraction of sp³-hybridized carbons (Fsp3) is 0.333. The van der Waals surface area contributed by atoms with Crippen molar-refractivity contribution in [2.45, 2.75) is 11.7 Å². The van der Waals surface area contributed by atoms with Crippen LogP contribution in [0.4, 0.5) is 5.69 Å². The number of amides is 1. The summed E-state index contributed by atoms with van der Waals surface area (Å²) in [5.74, 6) is 0.111. The summed E-state index contributed by atoms with van der Waals surface area (Å²) in [4.78, 5) is 13.2. The van der Waals surface area contributed by atoms with Crippen LogP contribution in [0.2, 0.25) is 0 Å². The van der Waals surface area contributed by atoms with Gasteiger partial charge in [0.05, 0.1) is 18.4 Å². The van der Waals surface area contributed by atoms with Crippen molar-refractivity contribution in [2.75, 3.05) is 18.6 Å². The van der Waals surface area contributed by atoms with Crippen LogP contribution in [0, 0.1) is 11.3 Å². The smallest absolute Gasteiger partial charge is 0.237 e. The molecule has 20 heavy (non-hydrogen) atoms. The second-order valence-corrected chi connectivity index (χ2v) is 7.21. The van der Waals surface area contributed by atoms with Gasteiger partial charge in [-0.05, 0) is 18.2 Å². The van der Waals surface area contributed by atoms with Gasteiger partial charge in [0.1, 0.15) is 17.1 Å². The molecule has 1 fully saturated rings. The number of ether oxygens (including phenoxy) is 1. The van der Waals surface area contributed by atoms with Gasteiger partial charge in [0, 0.05) is 23.6 Å². The third-order valence-corrected chi connectivity index (χ3v) is 4.97. The first-order chi connectivity index (χ1) is 9.36. The minimum absolute atomic E-state index is 0.0499. The number of carbonyl (C=O) groups excluding carboxylic acids is 1. The molecule has 1 atom stereocenters. The Kier molecular flexibility index (Phi) is 3.88. The molecule has 0 spiro atoms. The molecule has 8 heteroatoms. The van der Waals surface area contributed by atoms with E-state index in [0.717, 1.165) is 0 Å². The predicted molar refractivity (Wildman–Crippen MR) is 73.2 cm³/mol. The van der Waals surface area contributed by atoms with E-state index in [4.69, 9.17) is 20.7 Å². The van der Waals surface area contributed by atoms with E-state index in [0.29, 0.717) is 11.4 Å². The molecule has 1 saturated heterocycles. The van der Waals surface area contributed by atoms with Crippen molar-refractivity contribution in [3.63, 3.8) is 0 Å². The number of nitriles is 1. The molecule has 1 amide bonds. The number of methoxy groups -OCH3 is 1. The zero-order chi connectivity index (χ0) is 14.9. The van der Waals surface area contributed by atoms with Crippen LogP contribution >= 0.6 is 10.7 Å². The SMILES string of the molecule is COc1ccc(N2CC(S(=O)(=O)Cl)CC2=O)c(C#N)c1. The maximum absolute atomic E-state index is 11.9. The zero-order valence-electron chi connectivity index (χ0n) is 10.5. The fourth-order valence-corrected chi connectivity index (χ4v) is 3.09. The second-order valence-electron chi connectivity index (χ2n) is 4.30. The van der Waals surface area contributed by atoms with Crippen molar-refractivity contribution in [1.82, 2.24) is 0 Å². The maximum atomic E-state index is 11.9. The summed E-state index contributed by atoms with van der Waals surface area (Å²) in [6, 6.07) is 6.61. The van der Waals surface area contributed by atoms with Crippen LogP contribution in [0.15, 0.2) is 18.2 Å². The monoisotopic (exact) mass is 314 g/mol. The number of halogens is 1. The Morgan fingerprint density at radius 3 is 2.70 bits per heavy atom. The molecule has 0 aromatic heterocycles. The summed E-state index contributed by atoms with van der Waals surface area (Å²) < 4.78 is 27.6. The van der Waals surface area contributed by atoms with Crippen LogP contribution in [0.5, 0.6) is 5.75 Å². The normalized spacial score (nSPS) is 18.9. The maximum Gasteiger partial charge on any atom is 0.237 e. The molecule has 0 saturated carbocycles. The van der Waals surface area contributed by atoms with Gasteiger partial charge in [-0.3, -0.25) is 4.79 Å². The van der Waals surface area contributed by atoms with Gasteiger partial charge in [-0.25, -0.2) is 8.42 Å². The van der Waals surface area contributed by atoms with Crippen molar-refractivity contribution < 1.29 is 17.9 Å². The number of carbonyl (C=O) groups is 1. The topological polar surface area (TPSA) is 87.5 Å². The largest absolute Gasteiger partial charge is 0.497 e. The van der Waals surface area contributed by atoms with Crippen LogP contribution < -0.4 is 9.64 Å². The first-order valence-corrected chi connectivity index (χ1v) is 8.06. The van der Waals surface area contributed by atoms with E-state index in [1.165, 1.54) is 18.1 Å². The lowest BCUT2D eigenvalue weighted by Gasteiger charge is -2.18. The van der Waals surface area contributed by atoms with E-state index in [1.54, 1.807) is 12.1 Å². The molecule has 0 aliphatic carbocycles. The van der Waals surface area contributed by atoms with Gasteiger partial charge in [0.2, 0.25) is 15.0 Å². The molecule has 6 nitrogen and oxygen atoms in total. The number of rotatable bonds is 3. The molecular weight excluding hydrogens is 304 g/mol. The zero-order valence-corrected chi connectivity index (χ0v) is 12.1.